The van der Waals surface area contributed by atoms with Crippen molar-refractivity contribution >= 4 is 0 Å². The predicted molar refractivity (Wildman–Crippen MR) is 86.2 cm³/mol. The molecule has 112 valence electrons. The minimum absolute atomic E-state index is 0.415. The van der Waals surface area contributed by atoms with Crippen LogP contribution in [0.5, 0.6) is 0 Å². The third-order valence-electron chi connectivity index (χ3n) is 4.46. The van der Waals surface area contributed by atoms with Crippen molar-refractivity contribution in [2.45, 2.75) is 32.4 Å². The lowest BCUT2D eigenvalue weighted by atomic mass is 9.95. The van der Waals surface area contributed by atoms with Crippen molar-refractivity contribution < 1.29 is 0 Å². The van der Waals surface area contributed by atoms with Crippen LogP contribution in [0.4, 0.5) is 0 Å². The molecule has 1 fully saturated rings. The Morgan fingerprint density at radius 3 is 2.45 bits per heavy atom. The fourth-order valence-electron chi connectivity index (χ4n) is 3.06. The van der Waals surface area contributed by atoms with Crippen LogP contribution in [0, 0.1) is 0 Å². The third kappa shape index (κ3) is 3.60. The lowest BCUT2D eigenvalue weighted by Crippen LogP contribution is -2.55. The molecule has 3 nitrogen and oxygen atoms in total. The van der Waals surface area contributed by atoms with E-state index in [2.05, 4.69) is 67.3 Å². The Hall–Kier alpha value is -0.900. The van der Waals surface area contributed by atoms with Crippen molar-refractivity contribution in [3.8, 4) is 0 Å². The van der Waals surface area contributed by atoms with Gasteiger partial charge in [0.05, 0.1) is 0 Å². The summed E-state index contributed by atoms with van der Waals surface area (Å²) in [6.07, 6.45) is 1.11. The molecule has 2 atom stereocenters. The molecule has 0 spiro atoms. The molecule has 20 heavy (non-hydrogen) atoms. The van der Waals surface area contributed by atoms with Gasteiger partial charge in [0.15, 0.2) is 0 Å². The molecular weight excluding hydrogens is 246 g/mol. The van der Waals surface area contributed by atoms with E-state index in [9.17, 15) is 0 Å². The molecule has 0 aromatic heterocycles. The Bertz CT molecular complexity index is 401. The van der Waals surface area contributed by atoms with E-state index >= 15 is 0 Å². The van der Waals surface area contributed by atoms with Crippen molar-refractivity contribution in [3.05, 3.63) is 35.4 Å². The van der Waals surface area contributed by atoms with Crippen molar-refractivity contribution in [2.75, 3.05) is 40.3 Å². The van der Waals surface area contributed by atoms with E-state index in [0.717, 1.165) is 26.1 Å². The Morgan fingerprint density at radius 2 is 1.85 bits per heavy atom. The molecule has 1 saturated heterocycles. The average molecular weight is 275 g/mol. The Kier molecular flexibility index (Phi) is 5.58. The fourth-order valence-corrected chi connectivity index (χ4v) is 3.06. The highest BCUT2D eigenvalue weighted by Gasteiger charge is 2.30. The first-order chi connectivity index (χ1) is 9.65. The van der Waals surface area contributed by atoms with E-state index in [0.29, 0.717) is 12.1 Å². The minimum atomic E-state index is 0.415. The monoisotopic (exact) mass is 275 g/mol. The van der Waals surface area contributed by atoms with Gasteiger partial charge in [-0.1, -0.05) is 38.1 Å². The van der Waals surface area contributed by atoms with E-state index in [4.69, 9.17) is 0 Å². The second-order valence-corrected chi connectivity index (χ2v) is 5.94. The molecule has 2 rings (SSSR count). The van der Waals surface area contributed by atoms with E-state index in [1.54, 1.807) is 0 Å². The fraction of sp³-hybridized carbons (Fsp3) is 0.647. The molecule has 2 unspecified atom stereocenters. The van der Waals surface area contributed by atoms with Crippen LogP contribution < -0.4 is 5.32 Å². The summed E-state index contributed by atoms with van der Waals surface area (Å²) in [5.41, 5.74) is 2.83. The van der Waals surface area contributed by atoms with Crippen LogP contribution in [0.1, 0.15) is 31.0 Å². The van der Waals surface area contributed by atoms with E-state index in [-0.39, 0.29) is 0 Å². The first-order valence-corrected chi connectivity index (χ1v) is 7.86. The normalized spacial score (nSPS) is 22.9. The number of hydrogen-bond acceptors (Lipinski definition) is 3. The highest BCUT2D eigenvalue weighted by Crippen LogP contribution is 2.23. The molecule has 1 N–H and O–H groups in total. The molecule has 1 aromatic rings. The number of piperazine rings is 1. The molecule has 1 aliphatic rings. The number of rotatable bonds is 5. The molecule has 0 bridgehead atoms. The molecule has 0 aliphatic carbocycles. The number of aryl methyl sites for hydroxylation is 1. The summed E-state index contributed by atoms with van der Waals surface area (Å²) in [6, 6.07) is 10.1. The Balaban J connectivity index is 2.19. The number of likely N-dealkylation sites (N-methyl/N-ethyl adjacent to an activating group) is 3. The van der Waals surface area contributed by atoms with Gasteiger partial charge in [-0.25, -0.2) is 0 Å². The van der Waals surface area contributed by atoms with E-state index in [1.165, 1.54) is 17.7 Å². The first kappa shape index (κ1) is 15.5. The molecule has 1 aliphatic heterocycles. The Morgan fingerprint density at radius 1 is 1.15 bits per heavy atom. The summed E-state index contributed by atoms with van der Waals surface area (Å²) >= 11 is 0. The van der Waals surface area contributed by atoms with Crippen LogP contribution in [-0.4, -0.2) is 56.1 Å². The van der Waals surface area contributed by atoms with Crippen LogP contribution in [0.3, 0.4) is 0 Å². The van der Waals surface area contributed by atoms with Crippen LogP contribution in [-0.2, 0) is 6.42 Å². The minimum Gasteiger partial charge on any atom is -0.309 e. The molecule has 0 saturated carbocycles. The maximum atomic E-state index is 3.69. The summed E-state index contributed by atoms with van der Waals surface area (Å²) in [6.45, 7) is 8.86. The van der Waals surface area contributed by atoms with Crippen molar-refractivity contribution in [3.63, 3.8) is 0 Å². The first-order valence-electron chi connectivity index (χ1n) is 7.86. The summed E-state index contributed by atoms with van der Waals surface area (Å²) in [5.74, 6) is 0. The predicted octanol–water partition coefficient (Wildman–Crippen LogP) is 2.15. The van der Waals surface area contributed by atoms with Gasteiger partial charge >= 0.3 is 0 Å². The number of benzene rings is 1. The zero-order chi connectivity index (χ0) is 14.5. The lowest BCUT2D eigenvalue weighted by Gasteiger charge is -2.42. The van der Waals surface area contributed by atoms with Gasteiger partial charge in [0.2, 0.25) is 0 Å². The van der Waals surface area contributed by atoms with Gasteiger partial charge in [-0.3, -0.25) is 4.90 Å². The SMILES string of the molecule is CCNC(c1ccc(CC)cc1)C1CN(C)CCN1C. The van der Waals surface area contributed by atoms with Crippen molar-refractivity contribution in [2.24, 2.45) is 0 Å². The van der Waals surface area contributed by atoms with Crippen LogP contribution >= 0.6 is 0 Å². The lowest BCUT2D eigenvalue weighted by molar-refractivity contribution is 0.0880. The largest absolute Gasteiger partial charge is 0.309 e. The zero-order valence-corrected chi connectivity index (χ0v) is 13.4. The van der Waals surface area contributed by atoms with Crippen molar-refractivity contribution in [1.29, 1.82) is 0 Å². The van der Waals surface area contributed by atoms with Gasteiger partial charge < -0.3 is 10.2 Å². The summed E-state index contributed by atoms with van der Waals surface area (Å²) in [4.78, 5) is 4.94. The average Bonchev–Trinajstić information content (AvgIpc) is 2.48. The van der Waals surface area contributed by atoms with Gasteiger partial charge in [-0.05, 0) is 38.2 Å². The van der Waals surface area contributed by atoms with Gasteiger partial charge in [-0.15, -0.1) is 0 Å². The number of nitrogens with zero attached hydrogens (tertiary/aromatic N) is 2. The number of nitrogens with one attached hydrogen (secondary N) is 1. The second-order valence-electron chi connectivity index (χ2n) is 5.94. The van der Waals surface area contributed by atoms with E-state index in [1.807, 2.05) is 0 Å². The third-order valence-corrected chi connectivity index (χ3v) is 4.46. The van der Waals surface area contributed by atoms with Gasteiger partial charge in [-0.2, -0.15) is 0 Å². The topological polar surface area (TPSA) is 18.5 Å². The molecule has 0 radical (unpaired) electrons. The molecule has 1 heterocycles. The van der Waals surface area contributed by atoms with Crippen molar-refractivity contribution in [1.82, 2.24) is 15.1 Å². The maximum Gasteiger partial charge on any atom is 0.0490 e. The Labute approximate surface area is 124 Å². The molecular formula is C17H29N3. The van der Waals surface area contributed by atoms with Gasteiger partial charge in [0, 0.05) is 31.7 Å². The van der Waals surface area contributed by atoms with Gasteiger partial charge in [0.25, 0.3) is 0 Å². The molecule has 3 heteroatoms. The highest BCUT2D eigenvalue weighted by atomic mass is 15.3. The summed E-state index contributed by atoms with van der Waals surface area (Å²) in [7, 11) is 4.48. The smallest absolute Gasteiger partial charge is 0.0490 e. The zero-order valence-electron chi connectivity index (χ0n) is 13.4. The quantitative estimate of drug-likeness (QED) is 0.888. The van der Waals surface area contributed by atoms with Crippen LogP contribution in [0.2, 0.25) is 0 Å². The highest BCUT2D eigenvalue weighted by molar-refractivity contribution is 5.26. The van der Waals surface area contributed by atoms with Crippen LogP contribution in [0.15, 0.2) is 24.3 Å². The standard InChI is InChI=1S/C17H29N3/c1-5-14-7-9-15(10-8-14)17(18-6-2)16-13-19(3)11-12-20(16)4/h7-10,16-18H,5-6,11-13H2,1-4H3. The summed E-state index contributed by atoms with van der Waals surface area (Å²) < 4.78 is 0. The second kappa shape index (κ2) is 7.21. The molecule has 1 aromatic carbocycles. The molecule has 0 amide bonds. The summed E-state index contributed by atoms with van der Waals surface area (Å²) in [5, 5.41) is 3.69. The number of hydrogen-bond donors (Lipinski definition) is 1. The van der Waals surface area contributed by atoms with E-state index < -0.39 is 0 Å². The van der Waals surface area contributed by atoms with Crippen LogP contribution in [0.25, 0.3) is 0 Å². The maximum absolute atomic E-state index is 3.69. The van der Waals surface area contributed by atoms with Gasteiger partial charge in [0.1, 0.15) is 0 Å².